The van der Waals surface area contributed by atoms with E-state index in [0.29, 0.717) is 0 Å². The number of nitrogens with one attached hydrogen (secondary N) is 2. The van der Waals surface area contributed by atoms with Gasteiger partial charge in [-0.25, -0.2) is 5.43 Å². The van der Waals surface area contributed by atoms with Crippen LogP contribution in [0, 0.1) is 15.5 Å². The lowest BCUT2D eigenvalue weighted by Crippen LogP contribution is -2.25. The largest absolute Gasteiger partial charge is 0.369 e. The number of hydrogen-bond donors (Lipinski definition) is 3. The van der Waals surface area contributed by atoms with Crippen molar-refractivity contribution in [3.8, 4) is 0 Å². The van der Waals surface area contributed by atoms with Crippen molar-refractivity contribution in [2.45, 2.75) is 0 Å². The van der Waals surface area contributed by atoms with Crippen molar-refractivity contribution >= 4 is 41.1 Å². The fourth-order valence-corrected chi connectivity index (χ4v) is 1.63. The second-order valence-corrected chi connectivity index (χ2v) is 3.71. The van der Waals surface area contributed by atoms with Gasteiger partial charge in [-0.2, -0.15) is 5.10 Å². The molecular formula is C8H7Cl2N5O2. The average molecular weight is 276 g/mol. The molecule has 0 heterocycles. The quantitative estimate of drug-likeness (QED) is 0.337. The number of hydrogen-bond acceptors (Lipinski definition) is 4. The molecule has 0 atom stereocenters. The van der Waals surface area contributed by atoms with Crippen LogP contribution in [0.15, 0.2) is 17.2 Å². The maximum Gasteiger partial charge on any atom is 0.296 e. The fourth-order valence-electron chi connectivity index (χ4n) is 1.05. The highest BCUT2D eigenvalue weighted by atomic mass is 35.5. The summed E-state index contributed by atoms with van der Waals surface area (Å²) in [5, 5.41) is 21.3. The molecule has 7 nitrogen and oxygen atoms in total. The van der Waals surface area contributed by atoms with Gasteiger partial charge in [0.1, 0.15) is 5.02 Å². The van der Waals surface area contributed by atoms with Gasteiger partial charge in [0.15, 0.2) is 0 Å². The van der Waals surface area contributed by atoms with Crippen LogP contribution in [-0.4, -0.2) is 17.1 Å². The third kappa shape index (κ3) is 3.58. The molecule has 0 unspecified atom stereocenters. The summed E-state index contributed by atoms with van der Waals surface area (Å²) in [5.74, 6) is -0.392. The van der Waals surface area contributed by atoms with Gasteiger partial charge >= 0.3 is 0 Å². The molecule has 0 saturated carbocycles. The monoisotopic (exact) mass is 275 g/mol. The fraction of sp³-hybridized carbons (Fsp3) is 0. The molecule has 0 aliphatic carbocycles. The normalized spacial score (nSPS) is 10.5. The molecule has 0 amide bonds. The van der Waals surface area contributed by atoms with Gasteiger partial charge in [-0.1, -0.05) is 23.2 Å². The molecular weight excluding hydrogens is 269 g/mol. The van der Waals surface area contributed by atoms with Crippen LogP contribution in [0.2, 0.25) is 10.0 Å². The molecule has 1 rings (SSSR count). The van der Waals surface area contributed by atoms with Crippen LogP contribution in [0.3, 0.4) is 0 Å². The van der Waals surface area contributed by atoms with Crippen LogP contribution in [0.25, 0.3) is 0 Å². The number of rotatable bonds is 3. The van der Waals surface area contributed by atoms with Crippen LogP contribution < -0.4 is 11.2 Å². The van der Waals surface area contributed by atoms with E-state index in [2.05, 4.69) is 10.5 Å². The van der Waals surface area contributed by atoms with Gasteiger partial charge in [0, 0.05) is 5.02 Å². The summed E-state index contributed by atoms with van der Waals surface area (Å²) in [7, 11) is 0. The van der Waals surface area contributed by atoms with E-state index < -0.39 is 10.9 Å². The number of nitro benzene ring substituents is 1. The zero-order valence-corrected chi connectivity index (χ0v) is 9.79. The van der Waals surface area contributed by atoms with Gasteiger partial charge < -0.3 is 5.73 Å². The van der Waals surface area contributed by atoms with E-state index in [9.17, 15) is 10.1 Å². The van der Waals surface area contributed by atoms with E-state index >= 15 is 0 Å². The van der Waals surface area contributed by atoms with Crippen LogP contribution in [0.1, 0.15) is 5.56 Å². The number of hydrazone groups is 1. The topological polar surface area (TPSA) is 117 Å². The lowest BCUT2D eigenvalue weighted by molar-refractivity contribution is -0.384. The number of nitrogens with two attached hydrogens (primary N) is 1. The molecule has 4 N–H and O–H groups in total. The second-order valence-electron chi connectivity index (χ2n) is 2.87. The standard InChI is InChI=1S/C8H7Cl2N5O2/c9-5-1-4(3-13-14-8(11)12)7(15(16)17)6(10)2-5/h1-3H,(H4,11,12,14). The summed E-state index contributed by atoms with van der Waals surface area (Å²) in [6.07, 6.45) is 1.11. The molecule has 0 aliphatic heterocycles. The molecule has 0 aliphatic rings. The zero-order chi connectivity index (χ0) is 13.0. The molecule has 90 valence electrons. The van der Waals surface area contributed by atoms with Crippen molar-refractivity contribution in [2.75, 3.05) is 0 Å². The second kappa shape index (κ2) is 5.46. The van der Waals surface area contributed by atoms with E-state index in [1.165, 1.54) is 12.1 Å². The van der Waals surface area contributed by atoms with Crippen molar-refractivity contribution in [3.05, 3.63) is 37.9 Å². The molecule has 0 aromatic heterocycles. The summed E-state index contributed by atoms with van der Waals surface area (Å²) in [6.45, 7) is 0. The first kappa shape index (κ1) is 13.2. The average Bonchev–Trinajstić information content (AvgIpc) is 2.14. The molecule has 0 saturated heterocycles. The summed E-state index contributed by atoms with van der Waals surface area (Å²) in [4.78, 5) is 10.1. The third-order valence-electron chi connectivity index (χ3n) is 1.63. The van der Waals surface area contributed by atoms with Crippen LogP contribution in [-0.2, 0) is 0 Å². The van der Waals surface area contributed by atoms with E-state index in [1.807, 2.05) is 0 Å². The Morgan fingerprint density at radius 1 is 1.59 bits per heavy atom. The summed E-state index contributed by atoms with van der Waals surface area (Å²) >= 11 is 11.4. The lowest BCUT2D eigenvalue weighted by atomic mass is 10.2. The van der Waals surface area contributed by atoms with Crippen LogP contribution in [0.5, 0.6) is 0 Å². The Labute approximate surface area is 106 Å². The van der Waals surface area contributed by atoms with Gasteiger partial charge in [0.2, 0.25) is 5.96 Å². The highest BCUT2D eigenvalue weighted by Gasteiger charge is 2.18. The highest BCUT2D eigenvalue weighted by molar-refractivity contribution is 6.36. The number of nitrogens with zero attached hydrogens (tertiary/aromatic N) is 2. The molecule has 1 aromatic rings. The van der Waals surface area contributed by atoms with Crippen molar-refractivity contribution in [1.29, 1.82) is 5.41 Å². The van der Waals surface area contributed by atoms with Crippen LogP contribution >= 0.6 is 23.2 Å². The number of halogens is 2. The SMILES string of the molecule is N=C(N)NN=Cc1cc(Cl)cc(Cl)c1[N+](=O)[O-]. The molecule has 1 aromatic carbocycles. The van der Waals surface area contributed by atoms with Crippen molar-refractivity contribution < 1.29 is 4.92 Å². The molecule has 9 heteroatoms. The third-order valence-corrected chi connectivity index (χ3v) is 2.14. The zero-order valence-electron chi connectivity index (χ0n) is 8.28. The van der Waals surface area contributed by atoms with Gasteiger partial charge in [-0.15, -0.1) is 0 Å². The molecule has 17 heavy (non-hydrogen) atoms. The number of guanidine groups is 1. The molecule has 0 fully saturated rings. The van der Waals surface area contributed by atoms with Crippen molar-refractivity contribution in [3.63, 3.8) is 0 Å². The van der Waals surface area contributed by atoms with Crippen LogP contribution in [0.4, 0.5) is 5.69 Å². The minimum absolute atomic E-state index is 0.0909. The van der Waals surface area contributed by atoms with E-state index in [4.69, 9.17) is 34.3 Å². The first-order chi connectivity index (χ1) is 7.91. The van der Waals surface area contributed by atoms with Crippen molar-refractivity contribution in [2.24, 2.45) is 10.8 Å². The van der Waals surface area contributed by atoms with E-state index in [0.717, 1.165) is 6.21 Å². The number of nitro groups is 1. The first-order valence-corrected chi connectivity index (χ1v) is 4.94. The highest BCUT2D eigenvalue weighted by Crippen LogP contribution is 2.30. The lowest BCUT2D eigenvalue weighted by Gasteiger charge is -2.01. The Balaban J connectivity index is 3.17. The maximum atomic E-state index is 10.8. The summed E-state index contributed by atoms with van der Waals surface area (Å²) < 4.78 is 0. The Hall–Kier alpha value is -1.86. The molecule has 0 radical (unpaired) electrons. The minimum atomic E-state index is -0.645. The Kier molecular flexibility index (Phi) is 4.24. The smallest absolute Gasteiger partial charge is 0.296 e. The van der Waals surface area contributed by atoms with E-state index in [-0.39, 0.29) is 21.3 Å². The summed E-state index contributed by atoms with van der Waals surface area (Å²) in [6, 6.07) is 2.59. The predicted octanol–water partition coefficient (Wildman–Crippen LogP) is 1.72. The maximum absolute atomic E-state index is 10.8. The van der Waals surface area contributed by atoms with E-state index in [1.54, 1.807) is 0 Å². The Bertz CT molecular complexity index is 503. The summed E-state index contributed by atoms with van der Waals surface area (Å²) in [5.41, 5.74) is 6.91. The number of benzene rings is 1. The first-order valence-electron chi connectivity index (χ1n) is 4.18. The predicted molar refractivity (Wildman–Crippen MR) is 65.8 cm³/mol. The molecule has 0 bridgehead atoms. The Morgan fingerprint density at radius 2 is 2.24 bits per heavy atom. The van der Waals surface area contributed by atoms with Gasteiger partial charge in [-0.05, 0) is 12.1 Å². The molecule has 0 spiro atoms. The Morgan fingerprint density at radius 3 is 2.76 bits per heavy atom. The van der Waals surface area contributed by atoms with Gasteiger partial charge in [-0.3, -0.25) is 15.5 Å². The minimum Gasteiger partial charge on any atom is -0.369 e. The van der Waals surface area contributed by atoms with Crippen molar-refractivity contribution in [1.82, 2.24) is 5.43 Å². The van der Waals surface area contributed by atoms with Gasteiger partial charge in [0.25, 0.3) is 5.69 Å². The van der Waals surface area contributed by atoms with Gasteiger partial charge in [0.05, 0.1) is 16.7 Å².